The summed E-state index contributed by atoms with van der Waals surface area (Å²) in [5, 5.41) is 9.01. The minimum Gasteiger partial charge on any atom is -0.482 e. The van der Waals surface area contributed by atoms with Crippen LogP contribution < -0.4 is 9.64 Å². The van der Waals surface area contributed by atoms with E-state index < -0.39 is 17.4 Å². The number of carbonyl (C=O) groups is 1. The van der Waals surface area contributed by atoms with Gasteiger partial charge in [0.1, 0.15) is 17.2 Å². The van der Waals surface area contributed by atoms with Crippen LogP contribution in [0.1, 0.15) is 31.9 Å². The van der Waals surface area contributed by atoms with E-state index in [9.17, 15) is 9.18 Å². The molecule has 0 N–H and O–H groups in total. The summed E-state index contributed by atoms with van der Waals surface area (Å²) in [6, 6.07) is 13.4. The van der Waals surface area contributed by atoms with E-state index in [-0.39, 0.29) is 12.2 Å². The summed E-state index contributed by atoms with van der Waals surface area (Å²) in [7, 11) is 1.79. The topological polar surface area (TPSA) is 62.6 Å². The fraction of sp³-hybridized carbons (Fsp3) is 0.333. The van der Waals surface area contributed by atoms with Gasteiger partial charge in [0.15, 0.2) is 6.61 Å². The zero-order valence-corrected chi connectivity index (χ0v) is 16.0. The summed E-state index contributed by atoms with van der Waals surface area (Å²) in [4.78, 5) is 13.7. The number of hydrogen-bond acceptors (Lipinski definition) is 5. The zero-order valence-electron chi connectivity index (χ0n) is 16.0. The number of anilines is 1. The van der Waals surface area contributed by atoms with Crippen molar-refractivity contribution in [1.82, 2.24) is 0 Å². The van der Waals surface area contributed by atoms with Crippen molar-refractivity contribution < 1.29 is 18.7 Å². The molecule has 5 nitrogen and oxygen atoms in total. The predicted octanol–water partition coefficient (Wildman–Crippen LogP) is 4.05. The number of rotatable bonds is 6. The molecule has 6 heteroatoms. The maximum Gasteiger partial charge on any atom is 0.344 e. The number of ether oxygens (including phenoxy) is 2. The Bertz CT molecular complexity index is 853. The van der Waals surface area contributed by atoms with E-state index in [0.29, 0.717) is 18.0 Å². The van der Waals surface area contributed by atoms with Crippen LogP contribution in [0.5, 0.6) is 5.75 Å². The average molecular weight is 370 g/mol. The van der Waals surface area contributed by atoms with Gasteiger partial charge >= 0.3 is 5.97 Å². The first-order chi connectivity index (χ1) is 12.7. The van der Waals surface area contributed by atoms with Crippen molar-refractivity contribution in [2.45, 2.75) is 32.9 Å². The lowest BCUT2D eigenvalue weighted by Crippen LogP contribution is -2.27. The molecule has 142 valence electrons. The van der Waals surface area contributed by atoms with Gasteiger partial charge in [0.2, 0.25) is 0 Å². The first-order valence-corrected chi connectivity index (χ1v) is 8.52. The van der Waals surface area contributed by atoms with Crippen molar-refractivity contribution in [1.29, 1.82) is 5.26 Å². The van der Waals surface area contributed by atoms with Gasteiger partial charge < -0.3 is 14.4 Å². The number of nitrogens with zero attached hydrogens (tertiary/aromatic N) is 2. The van der Waals surface area contributed by atoms with Crippen LogP contribution in [-0.2, 0) is 16.1 Å². The number of nitriles is 1. The number of carbonyl (C=O) groups excluding carboxylic acids is 1. The second-order valence-electron chi connectivity index (χ2n) is 7.15. The van der Waals surface area contributed by atoms with Crippen molar-refractivity contribution >= 4 is 11.7 Å². The van der Waals surface area contributed by atoms with E-state index in [4.69, 9.17) is 14.7 Å². The van der Waals surface area contributed by atoms with E-state index in [1.54, 1.807) is 44.9 Å². The van der Waals surface area contributed by atoms with Gasteiger partial charge in [0.25, 0.3) is 0 Å². The summed E-state index contributed by atoms with van der Waals surface area (Å²) in [5.74, 6) is -0.369. The molecule has 0 radical (unpaired) electrons. The molecular weight excluding hydrogens is 347 g/mol. The molecule has 0 bridgehead atoms. The molecule has 0 aromatic heterocycles. The molecule has 27 heavy (non-hydrogen) atoms. The van der Waals surface area contributed by atoms with Crippen molar-refractivity contribution in [3.63, 3.8) is 0 Å². The van der Waals surface area contributed by atoms with Crippen LogP contribution in [0.2, 0.25) is 0 Å². The molecule has 0 saturated carbocycles. The Morgan fingerprint density at radius 1 is 1.22 bits per heavy atom. The summed E-state index contributed by atoms with van der Waals surface area (Å²) in [6.07, 6.45) is 0. The molecule has 0 atom stereocenters. The summed E-state index contributed by atoms with van der Waals surface area (Å²) in [6.45, 7) is 5.60. The van der Waals surface area contributed by atoms with Gasteiger partial charge in [-0.05, 0) is 45.0 Å². The maximum absolute atomic E-state index is 13.7. The van der Waals surface area contributed by atoms with Crippen LogP contribution in [0, 0.1) is 17.1 Å². The summed E-state index contributed by atoms with van der Waals surface area (Å²) < 4.78 is 24.5. The minimum absolute atomic E-state index is 0.198. The molecule has 0 aliphatic rings. The lowest BCUT2D eigenvalue weighted by Gasteiger charge is -2.22. The van der Waals surface area contributed by atoms with Crippen LogP contribution >= 0.6 is 0 Å². The molecule has 2 rings (SSSR count). The minimum atomic E-state index is -0.573. The molecule has 2 aromatic rings. The average Bonchev–Trinajstić information content (AvgIpc) is 2.58. The quantitative estimate of drug-likeness (QED) is 0.718. The molecule has 0 amide bonds. The van der Waals surface area contributed by atoms with Gasteiger partial charge in [-0.2, -0.15) is 5.26 Å². The Kier molecular flexibility index (Phi) is 6.40. The molecule has 0 aliphatic heterocycles. The number of hydrogen-bond donors (Lipinski definition) is 0. The number of halogens is 1. The highest BCUT2D eigenvalue weighted by Gasteiger charge is 2.17. The van der Waals surface area contributed by atoms with Gasteiger partial charge in [0, 0.05) is 24.8 Å². The Hall–Kier alpha value is -3.07. The SMILES string of the molecule is CN(Cc1ccccc1OCC(=O)OC(C)(C)C)c1cc(F)cc(C#N)c1. The van der Waals surface area contributed by atoms with Crippen LogP contribution in [0.15, 0.2) is 42.5 Å². The predicted molar refractivity (Wildman–Crippen MR) is 101 cm³/mol. The smallest absolute Gasteiger partial charge is 0.344 e. The largest absolute Gasteiger partial charge is 0.482 e. The van der Waals surface area contributed by atoms with Crippen LogP contribution in [0.3, 0.4) is 0 Å². The van der Waals surface area contributed by atoms with E-state index in [1.165, 1.54) is 12.1 Å². The first-order valence-electron chi connectivity index (χ1n) is 8.52. The van der Waals surface area contributed by atoms with Crippen LogP contribution in [0.25, 0.3) is 0 Å². The first kappa shape index (κ1) is 20.2. The fourth-order valence-electron chi connectivity index (χ4n) is 2.49. The van der Waals surface area contributed by atoms with E-state index in [0.717, 1.165) is 5.56 Å². The van der Waals surface area contributed by atoms with Crippen LogP contribution in [-0.4, -0.2) is 25.2 Å². The van der Waals surface area contributed by atoms with Crippen molar-refractivity contribution in [3.05, 3.63) is 59.4 Å². The molecule has 2 aromatic carbocycles. The third-order valence-electron chi connectivity index (χ3n) is 3.60. The van der Waals surface area contributed by atoms with Gasteiger partial charge in [-0.1, -0.05) is 18.2 Å². The molecule has 0 unspecified atom stereocenters. The molecule has 0 aliphatic carbocycles. The second-order valence-corrected chi connectivity index (χ2v) is 7.15. The molecule has 0 spiro atoms. The van der Waals surface area contributed by atoms with Gasteiger partial charge in [-0.3, -0.25) is 0 Å². The van der Waals surface area contributed by atoms with Crippen molar-refractivity contribution in [2.75, 3.05) is 18.6 Å². The van der Waals surface area contributed by atoms with Gasteiger partial charge in [-0.25, -0.2) is 9.18 Å². The fourth-order valence-corrected chi connectivity index (χ4v) is 2.49. The Morgan fingerprint density at radius 2 is 1.93 bits per heavy atom. The third-order valence-corrected chi connectivity index (χ3v) is 3.60. The lowest BCUT2D eigenvalue weighted by molar-refractivity contribution is -0.157. The lowest BCUT2D eigenvalue weighted by atomic mass is 10.1. The van der Waals surface area contributed by atoms with Crippen LogP contribution in [0.4, 0.5) is 10.1 Å². The van der Waals surface area contributed by atoms with Gasteiger partial charge in [0.05, 0.1) is 11.6 Å². The monoisotopic (exact) mass is 370 g/mol. The number of benzene rings is 2. The van der Waals surface area contributed by atoms with Gasteiger partial charge in [-0.15, -0.1) is 0 Å². The van der Waals surface area contributed by atoms with Crippen molar-refractivity contribution in [2.24, 2.45) is 0 Å². The van der Waals surface area contributed by atoms with E-state index >= 15 is 0 Å². The van der Waals surface area contributed by atoms with E-state index in [1.807, 2.05) is 24.3 Å². The number of esters is 1. The van der Waals surface area contributed by atoms with Crippen molar-refractivity contribution in [3.8, 4) is 11.8 Å². The Labute approximate surface area is 158 Å². The number of para-hydroxylation sites is 1. The molecular formula is C21H23FN2O3. The van der Waals surface area contributed by atoms with E-state index in [2.05, 4.69) is 0 Å². The standard InChI is InChI=1S/C21H23FN2O3/c1-21(2,3)27-20(25)14-26-19-8-6-5-7-16(19)13-24(4)18-10-15(12-23)9-17(22)11-18/h5-11H,13-14H2,1-4H3. The second kappa shape index (κ2) is 8.54. The maximum atomic E-state index is 13.7. The highest BCUT2D eigenvalue weighted by molar-refractivity contribution is 5.71. The molecule has 0 heterocycles. The third kappa shape index (κ3) is 6.30. The normalized spacial score (nSPS) is 10.8. The summed E-state index contributed by atoms with van der Waals surface area (Å²) >= 11 is 0. The zero-order chi connectivity index (χ0) is 20.0. The Morgan fingerprint density at radius 3 is 2.59 bits per heavy atom. The molecule has 0 saturated heterocycles. The summed E-state index contributed by atoms with van der Waals surface area (Å²) in [5.41, 5.74) is 1.09. The Balaban J connectivity index is 2.10. The molecule has 0 fully saturated rings. The highest BCUT2D eigenvalue weighted by Crippen LogP contribution is 2.24. The highest BCUT2D eigenvalue weighted by atomic mass is 19.1.